The highest BCUT2D eigenvalue weighted by molar-refractivity contribution is 5.33. The van der Waals surface area contributed by atoms with Gasteiger partial charge in [0.2, 0.25) is 5.75 Å². The van der Waals surface area contributed by atoms with Crippen LogP contribution in [0, 0.1) is 29.4 Å². The second-order valence-electron chi connectivity index (χ2n) is 9.25. The Hall–Kier alpha value is -1.33. The summed E-state index contributed by atoms with van der Waals surface area (Å²) in [4.78, 5) is 0. The number of rotatable bonds is 7. The summed E-state index contributed by atoms with van der Waals surface area (Å²) in [7, 11) is 0. The van der Waals surface area contributed by atoms with Crippen molar-refractivity contribution in [1.29, 1.82) is 0 Å². The third-order valence-electron chi connectivity index (χ3n) is 7.26. The van der Waals surface area contributed by atoms with Gasteiger partial charge in [0.15, 0.2) is 11.6 Å². The van der Waals surface area contributed by atoms with Gasteiger partial charge in [-0.05, 0) is 79.9 Å². The Balaban J connectivity index is 1.50. The normalized spacial score (nSPS) is 27.8. The Morgan fingerprint density at radius 3 is 1.87 bits per heavy atom. The van der Waals surface area contributed by atoms with Crippen LogP contribution < -0.4 is 4.74 Å². The van der Waals surface area contributed by atoms with E-state index in [-0.39, 0.29) is 5.92 Å². The number of hydrogen-bond acceptors (Lipinski definition) is 1. The van der Waals surface area contributed by atoms with E-state index < -0.39 is 23.7 Å². The van der Waals surface area contributed by atoms with Gasteiger partial charge in [-0.3, -0.25) is 0 Å². The topological polar surface area (TPSA) is 9.23 Å². The third kappa shape index (κ3) is 6.34. The van der Waals surface area contributed by atoms with Crippen molar-refractivity contribution in [3.63, 3.8) is 0 Å². The van der Waals surface area contributed by atoms with Gasteiger partial charge >= 0.3 is 6.36 Å². The van der Waals surface area contributed by atoms with Crippen LogP contribution in [-0.4, -0.2) is 6.36 Å². The van der Waals surface area contributed by atoms with E-state index in [2.05, 4.69) is 11.7 Å². The van der Waals surface area contributed by atoms with Gasteiger partial charge in [-0.2, -0.15) is 0 Å². The zero-order chi connectivity index (χ0) is 21.7. The molecule has 0 amide bonds. The molecule has 2 saturated carbocycles. The summed E-state index contributed by atoms with van der Waals surface area (Å²) in [5, 5.41) is 0. The summed E-state index contributed by atoms with van der Waals surface area (Å²) in [6.45, 7) is 2.24. The lowest BCUT2D eigenvalue weighted by Gasteiger charge is -2.38. The maximum atomic E-state index is 14.0. The van der Waals surface area contributed by atoms with Crippen molar-refractivity contribution in [3.05, 3.63) is 29.3 Å². The van der Waals surface area contributed by atoms with Crippen molar-refractivity contribution in [2.75, 3.05) is 0 Å². The molecule has 170 valence electrons. The Morgan fingerprint density at radius 1 is 0.833 bits per heavy atom. The largest absolute Gasteiger partial charge is 0.573 e. The van der Waals surface area contributed by atoms with Gasteiger partial charge in [-0.1, -0.05) is 45.4 Å². The van der Waals surface area contributed by atoms with E-state index in [1.165, 1.54) is 51.4 Å². The van der Waals surface area contributed by atoms with Crippen LogP contribution >= 0.6 is 0 Å². The average Bonchev–Trinajstić information content (AvgIpc) is 2.71. The Bertz CT molecular complexity index is 648. The van der Waals surface area contributed by atoms with Crippen LogP contribution in [-0.2, 0) is 0 Å². The quantitative estimate of drug-likeness (QED) is 0.310. The third-order valence-corrected chi connectivity index (χ3v) is 7.26. The van der Waals surface area contributed by atoms with Crippen LogP contribution in [0.3, 0.4) is 0 Å². The molecule has 0 bridgehead atoms. The van der Waals surface area contributed by atoms with Gasteiger partial charge in [-0.25, -0.2) is 8.78 Å². The number of unbranched alkanes of at least 4 members (excludes halogenated alkanes) is 2. The van der Waals surface area contributed by atoms with Crippen LogP contribution in [0.4, 0.5) is 22.0 Å². The molecule has 0 spiro atoms. The molecule has 6 heteroatoms. The summed E-state index contributed by atoms with van der Waals surface area (Å²) < 4.78 is 68.6. The zero-order valence-electron chi connectivity index (χ0n) is 17.7. The molecule has 0 radical (unpaired) electrons. The van der Waals surface area contributed by atoms with Crippen molar-refractivity contribution in [2.45, 2.75) is 96.3 Å². The maximum Gasteiger partial charge on any atom is 0.573 e. The average molecular weight is 433 g/mol. The summed E-state index contributed by atoms with van der Waals surface area (Å²) in [6, 6.07) is 2.02. The molecule has 0 saturated heterocycles. The van der Waals surface area contributed by atoms with Gasteiger partial charge in [-0.15, -0.1) is 13.2 Å². The molecule has 0 unspecified atom stereocenters. The first-order chi connectivity index (χ1) is 14.3. The second kappa shape index (κ2) is 10.3. The van der Waals surface area contributed by atoms with E-state index >= 15 is 0 Å². The van der Waals surface area contributed by atoms with Crippen LogP contribution in [0.1, 0.15) is 95.5 Å². The Kier molecular flexibility index (Phi) is 8.03. The first kappa shape index (κ1) is 23.3. The molecule has 0 N–H and O–H groups in total. The highest BCUT2D eigenvalue weighted by Gasteiger charge is 2.35. The molecule has 0 atom stereocenters. The molecular weight excluding hydrogens is 399 g/mol. The lowest BCUT2D eigenvalue weighted by Crippen LogP contribution is -2.25. The molecule has 0 aliphatic heterocycles. The second-order valence-corrected chi connectivity index (χ2v) is 9.25. The molecule has 2 aliphatic carbocycles. The molecule has 2 aliphatic rings. The smallest absolute Gasteiger partial charge is 0.399 e. The first-order valence-electron chi connectivity index (χ1n) is 11.5. The molecule has 2 fully saturated rings. The van der Waals surface area contributed by atoms with Crippen molar-refractivity contribution in [1.82, 2.24) is 0 Å². The summed E-state index contributed by atoms with van der Waals surface area (Å²) in [5.74, 6) is -1.64. The van der Waals surface area contributed by atoms with Crippen molar-refractivity contribution in [2.24, 2.45) is 17.8 Å². The van der Waals surface area contributed by atoms with Crippen molar-refractivity contribution >= 4 is 0 Å². The van der Waals surface area contributed by atoms with E-state index in [1.807, 2.05) is 0 Å². The van der Waals surface area contributed by atoms with Crippen LogP contribution in [0.2, 0.25) is 0 Å². The van der Waals surface area contributed by atoms with Crippen LogP contribution in [0.5, 0.6) is 5.75 Å². The summed E-state index contributed by atoms with van der Waals surface area (Å²) in [5.41, 5.74) is 0.442. The molecule has 1 aromatic carbocycles. The van der Waals surface area contributed by atoms with E-state index in [1.54, 1.807) is 0 Å². The Labute approximate surface area is 176 Å². The van der Waals surface area contributed by atoms with Crippen LogP contribution in [0.25, 0.3) is 0 Å². The molecule has 1 nitrogen and oxygen atoms in total. The van der Waals surface area contributed by atoms with E-state index in [4.69, 9.17) is 0 Å². The molecular formula is C24H33F5O. The Morgan fingerprint density at radius 2 is 1.37 bits per heavy atom. The van der Waals surface area contributed by atoms with Crippen LogP contribution in [0.15, 0.2) is 12.1 Å². The lowest BCUT2D eigenvalue weighted by molar-refractivity contribution is -0.276. The van der Waals surface area contributed by atoms with Gasteiger partial charge in [0.1, 0.15) is 0 Å². The predicted octanol–water partition coefficient (Wildman–Crippen LogP) is 8.52. The summed E-state index contributed by atoms with van der Waals surface area (Å²) >= 11 is 0. The maximum absolute atomic E-state index is 14.0. The zero-order valence-corrected chi connectivity index (χ0v) is 17.7. The highest BCUT2D eigenvalue weighted by atomic mass is 19.4. The molecule has 1 aromatic rings. The molecule has 0 aromatic heterocycles. The predicted molar refractivity (Wildman–Crippen MR) is 107 cm³/mol. The van der Waals surface area contributed by atoms with Crippen molar-refractivity contribution < 1.29 is 26.7 Å². The minimum absolute atomic E-state index is 0.00410. The van der Waals surface area contributed by atoms with Gasteiger partial charge in [0.05, 0.1) is 0 Å². The lowest BCUT2D eigenvalue weighted by atomic mass is 9.68. The number of benzene rings is 1. The number of ether oxygens (including phenoxy) is 1. The van der Waals surface area contributed by atoms with E-state index in [0.29, 0.717) is 11.5 Å². The fraction of sp³-hybridized carbons (Fsp3) is 0.750. The SMILES string of the molecule is CCCCCC1CCC(C2CCC(c3cc(F)c(OC(F)(F)F)c(F)c3)CC2)CC1. The standard InChI is InChI=1S/C24H33F5O/c1-2-3-4-5-16-6-8-17(9-7-16)18-10-12-19(13-11-18)20-14-21(25)23(22(26)15-20)30-24(27,28)29/h14-19H,2-13H2,1H3. The molecule has 30 heavy (non-hydrogen) atoms. The molecule has 3 rings (SSSR count). The minimum Gasteiger partial charge on any atom is -0.399 e. The number of hydrogen-bond donors (Lipinski definition) is 0. The fourth-order valence-electron chi connectivity index (χ4n) is 5.58. The number of alkyl halides is 3. The molecule has 0 heterocycles. The minimum atomic E-state index is -5.11. The number of halogens is 5. The monoisotopic (exact) mass is 432 g/mol. The van der Waals surface area contributed by atoms with Gasteiger partial charge in [0.25, 0.3) is 0 Å². The van der Waals surface area contributed by atoms with E-state index in [9.17, 15) is 22.0 Å². The first-order valence-corrected chi connectivity index (χ1v) is 11.5. The van der Waals surface area contributed by atoms with Gasteiger partial charge < -0.3 is 4.74 Å². The van der Waals surface area contributed by atoms with Gasteiger partial charge in [0, 0.05) is 0 Å². The van der Waals surface area contributed by atoms with Crippen molar-refractivity contribution in [3.8, 4) is 5.75 Å². The fourth-order valence-corrected chi connectivity index (χ4v) is 5.58. The summed E-state index contributed by atoms with van der Waals surface area (Å²) in [6.07, 6.45) is 9.14. The van der Waals surface area contributed by atoms with E-state index in [0.717, 1.165) is 49.7 Å². The highest BCUT2D eigenvalue weighted by Crippen LogP contribution is 2.45.